The highest BCUT2D eigenvalue weighted by Crippen LogP contribution is 2.28. The Bertz CT molecular complexity index is 809. The molecule has 29 heavy (non-hydrogen) atoms. The van der Waals surface area contributed by atoms with Gasteiger partial charge in [0.2, 0.25) is 5.88 Å². The molecule has 0 bridgehead atoms. The van der Waals surface area contributed by atoms with Crippen LogP contribution in [0.1, 0.15) is 37.1 Å². The van der Waals surface area contributed by atoms with Crippen molar-refractivity contribution < 1.29 is 19.0 Å². The molecule has 2 rings (SSSR count). The molecule has 0 radical (unpaired) electrons. The summed E-state index contributed by atoms with van der Waals surface area (Å²) < 4.78 is 17.3. The van der Waals surface area contributed by atoms with E-state index in [2.05, 4.69) is 15.4 Å². The molecule has 2 aromatic rings. The van der Waals surface area contributed by atoms with Crippen LogP contribution in [0.5, 0.6) is 17.4 Å². The second-order valence-corrected chi connectivity index (χ2v) is 6.43. The van der Waals surface area contributed by atoms with E-state index >= 15 is 0 Å². The lowest BCUT2D eigenvalue weighted by atomic mass is 10.1. The van der Waals surface area contributed by atoms with Crippen LogP contribution in [0.3, 0.4) is 0 Å². The molecule has 7 nitrogen and oxygen atoms in total. The van der Waals surface area contributed by atoms with Crippen molar-refractivity contribution in [3.8, 4) is 17.4 Å². The lowest BCUT2D eigenvalue weighted by molar-refractivity contribution is 0.213. The molecule has 0 fully saturated rings. The normalized spacial score (nSPS) is 11.6. The number of aromatic nitrogens is 2. The third kappa shape index (κ3) is 7.10. The van der Waals surface area contributed by atoms with Crippen molar-refractivity contribution in [3.63, 3.8) is 0 Å². The van der Waals surface area contributed by atoms with Crippen LogP contribution in [-0.2, 0) is 4.84 Å². The van der Waals surface area contributed by atoms with E-state index in [1.54, 1.807) is 19.1 Å². The molecular weight excluding hydrogens is 370 g/mol. The molecule has 1 heterocycles. The first-order valence-corrected chi connectivity index (χ1v) is 9.57. The Labute approximate surface area is 172 Å². The SMILES string of the molecule is C/C=C/COc1cc(C)c(OCCCOc2ccc(/C(C)=N/OC)nn2)c(C)c1. The summed E-state index contributed by atoms with van der Waals surface area (Å²) in [7, 11) is 1.49. The van der Waals surface area contributed by atoms with Gasteiger partial charge in [-0.1, -0.05) is 17.3 Å². The van der Waals surface area contributed by atoms with Gasteiger partial charge in [0.05, 0.1) is 13.2 Å². The van der Waals surface area contributed by atoms with E-state index in [0.29, 0.717) is 37.1 Å². The Morgan fingerprint density at radius 3 is 2.38 bits per heavy atom. The number of nitrogens with zero attached hydrogens (tertiary/aromatic N) is 3. The number of hydrogen-bond donors (Lipinski definition) is 0. The van der Waals surface area contributed by atoms with Gasteiger partial charge in [-0.3, -0.25) is 0 Å². The summed E-state index contributed by atoms with van der Waals surface area (Å²) in [6.07, 6.45) is 4.67. The Hall–Kier alpha value is -3.09. The van der Waals surface area contributed by atoms with Crippen LogP contribution in [-0.4, -0.2) is 42.8 Å². The molecule has 0 saturated heterocycles. The maximum atomic E-state index is 5.95. The van der Waals surface area contributed by atoms with Gasteiger partial charge in [0.25, 0.3) is 0 Å². The highest BCUT2D eigenvalue weighted by Gasteiger charge is 2.08. The van der Waals surface area contributed by atoms with E-state index < -0.39 is 0 Å². The first-order valence-electron chi connectivity index (χ1n) is 9.57. The molecule has 0 aliphatic carbocycles. The van der Waals surface area contributed by atoms with Crippen LogP contribution in [0.2, 0.25) is 0 Å². The van der Waals surface area contributed by atoms with Crippen molar-refractivity contribution in [2.45, 2.75) is 34.1 Å². The van der Waals surface area contributed by atoms with Gasteiger partial charge < -0.3 is 19.0 Å². The average Bonchev–Trinajstić information content (AvgIpc) is 2.70. The first kappa shape index (κ1) is 22.2. The minimum absolute atomic E-state index is 0.467. The largest absolute Gasteiger partial charge is 0.493 e. The third-order valence-electron chi connectivity index (χ3n) is 4.04. The first-order chi connectivity index (χ1) is 14.0. The summed E-state index contributed by atoms with van der Waals surface area (Å²) >= 11 is 0. The monoisotopic (exact) mass is 399 g/mol. The predicted octanol–water partition coefficient (Wildman–Crippen LogP) is 4.27. The van der Waals surface area contributed by atoms with Gasteiger partial charge in [0.1, 0.15) is 36.6 Å². The number of rotatable bonds is 11. The van der Waals surface area contributed by atoms with Gasteiger partial charge in [-0.15, -0.1) is 10.2 Å². The maximum absolute atomic E-state index is 5.95. The second kappa shape index (κ2) is 11.7. The molecule has 0 atom stereocenters. The van der Waals surface area contributed by atoms with Gasteiger partial charge in [0, 0.05) is 12.5 Å². The number of aryl methyl sites for hydroxylation is 2. The molecule has 0 saturated carbocycles. The van der Waals surface area contributed by atoms with E-state index in [9.17, 15) is 0 Å². The minimum atomic E-state index is 0.467. The van der Waals surface area contributed by atoms with E-state index in [-0.39, 0.29) is 0 Å². The minimum Gasteiger partial charge on any atom is -0.493 e. The predicted molar refractivity (Wildman–Crippen MR) is 113 cm³/mol. The van der Waals surface area contributed by atoms with Crippen LogP contribution in [0, 0.1) is 13.8 Å². The average molecular weight is 399 g/mol. The highest BCUT2D eigenvalue weighted by molar-refractivity contribution is 5.96. The summed E-state index contributed by atoms with van der Waals surface area (Å²) in [4.78, 5) is 4.73. The van der Waals surface area contributed by atoms with Crippen molar-refractivity contribution in [2.75, 3.05) is 26.9 Å². The lowest BCUT2D eigenvalue weighted by Gasteiger charge is -2.14. The fourth-order valence-corrected chi connectivity index (χ4v) is 2.65. The van der Waals surface area contributed by atoms with Crippen LogP contribution in [0.25, 0.3) is 0 Å². The van der Waals surface area contributed by atoms with Gasteiger partial charge in [0.15, 0.2) is 0 Å². The molecule has 0 unspecified atom stereocenters. The van der Waals surface area contributed by atoms with E-state index in [0.717, 1.165) is 29.0 Å². The fourth-order valence-electron chi connectivity index (χ4n) is 2.65. The summed E-state index contributed by atoms with van der Waals surface area (Å²) in [5.41, 5.74) is 3.41. The van der Waals surface area contributed by atoms with Crippen molar-refractivity contribution in [2.24, 2.45) is 5.16 Å². The number of hydrogen-bond acceptors (Lipinski definition) is 7. The maximum Gasteiger partial charge on any atom is 0.233 e. The van der Waals surface area contributed by atoms with Crippen molar-refractivity contribution in [1.29, 1.82) is 0 Å². The molecule has 7 heteroatoms. The van der Waals surface area contributed by atoms with Crippen molar-refractivity contribution in [1.82, 2.24) is 10.2 Å². The number of benzene rings is 1. The Morgan fingerprint density at radius 1 is 1.03 bits per heavy atom. The zero-order chi connectivity index (χ0) is 21.1. The summed E-state index contributed by atoms with van der Waals surface area (Å²) in [5.74, 6) is 2.20. The quantitative estimate of drug-likeness (QED) is 0.243. The molecule has 0 amide bonds. The van der Waals surface area contributed by atoms with Gasteiger partial charge >= 0.3 is 0 Å². The Kier molecular flexibility index (Phi) is 8.95. The fraction of sp³-hybridized carbons (Fsp3) is 0.409. The Balaban J connectivity index is 1.78. The number of oxime groups is 1. The van der Waals surface area contributed by atoms with Gasteiger partial charge in [-0.25, -0.2) is 0 Å². The molecule has 1 aromatic carbocycles. The zero-order valence-electron chi connectivity index (χ0n) is 17.8. The van der Waals surface area contributed by atoms with E-state index in [4.69, 9.17) is 19.0 Å². The van der Waals surface area contributed by atoms with Gasteiger partial charge in [-0.2, -0.15) is 0 Å². The highest BCUT2D eigenvalue weighted by atomic mass is 16.6. The number of allylic oxidation sites excluding steroid dienone is 1. The Morgan fingerprint density at radius 2 is 1.76 bits per heavy atom. The van der Waals surface area contributed by atoms with Crippen molar-refractivity contribution >= 4 is 5.71 Å². The molecule has 156 valence electrons. The molecule has 0 aliphatic heterocycles. The summed E-state index contributed by atoms with van der Waals surface area (Å²) in [6, 6.07) is 7.55. The van der Waals surface area contributed by atoms with Gasteiger partial charge in [-0.05, 0) is 57.0 Å². The number of ether oxygens (including phenoxy) is 3. The molecule has 0 aliphatic rings. The second-order valence-electron chi connectivity index (χ2n) is 6.43. The van der Waals surface area contributed by atoms with Crippen LogP contribution < -0.4 is 14.2 Å². The van der Waals surface area contributed by atoms with Crippen LogP contribution in [0.4, 0.5) is 0 Å². The van der Waals surface area contributed by atoms with E-state index in [1.165, 1.54) is 7.11 Å². The molecule has 1 aromatic heterocycles. The molecular formula is C22H29N3O4. The lowest BCUT2D eigenvalue weighted by Crippen LogP contribution is -2.08. The topological polar surface area (TPSA) is 75.1 Å². The third-order valence-corrected chi connectivity index (χ3v) is 4.04. The zero-order valence-corrected chi connectivity index (χ0v) is 17.8. The molecule has 0 spiro atoms. The van der Waals surface area contributed by atoms with Crippen molar-refractivity contribution in [3.05, 3.63) is 53.2 Å². The van der Waals surface area contributed by atoms with Crippen LogP contribution in [0.15, 0.2) is 41.6 Å². The smallest absolute Gasteiger partial charge is 0.233 e. The summed E-state index contributed by atoms with van der Waals surface area (Å²) in [5, 5.41) is 11.9. The van der Waals surface area contributed by atoms with E-state index in [1.807, 2.05) is 45.1 Å². The summed E-state index contributed by atoms with van der Waals surface area (Å²) in [6.45, 7) is 9.42. The van der Waals surface area contributed by atoms with Crippen LogP contribution >= 0.6 is 0 Å². The standard InChI is InChI=1S/C22H29N3O4/c1-6-7-11-27-19-14-16(2)22(17(3)15-19)29-13-8-12-28-21-10-9-20(23-24-21)18(4)25-26-5/h6-7,9-10,14-15H,8,11-13H2,1-5H3/b7-6+,25-18+. The molecule has 0 N–H and O–H groups in total.